The van der Waals surface area contributed by atoms with Crippen molar-refractivity contribution in [3.63, 3.8) is 0 Å². The van der Waals surface area contributed by atoms with Crippen molar-refractivity contribution in [2.75, 3.05) is 4.90 Å². The molecule has 1 aliphatic carbocycles. The molecule has 3 heterocycles. The van der Waals surface area contributed by atoms with Crippen LogP contribution in [0.1, 0.15) is 43.0 Å². The summed E-state index contributed by atoms with van der Waals surface area (Å²) in [6.45, 7) is 0. The number of thiocarbonyl (C=S) groups is 1. The topological polar surface area (TPSA) is 56.3 Å². The summed E-state index contributed by atoms with van der Waals surface area (Å²) in [6, 6.07) is 8.76. The molecule has 0 amide bonds. The Hall–Kier alpha value is -1.77. The van der Waals surface area contributed by atoms with Crippen LogP contribution in [0, 0.1) is 0 Å². The SMILES string of the molecule is S=C1N/C(=N/C2CCCCC2)C(c2cc(Br)cs2)N1c1ccc2[nH]cnc2c1. The highest BCUT2D eigenvalue weighted by Gasteiger charge is 2.38. The molecular formula is C20H20BrN5S2. The molecule has 2 fully saturated rings. The van der Waals surface area contributed by atoms with Crippen LogP contribution in [0.4, 0.5) is 5.69 Å². The molecule has 1 saturated carbocycles. The van der Waals surface area contributed by atoms with Crippen molar-refractivity contribution >= 4 is 67.2 Å². The zero-order valence-electron chi connectivity index (χ0n) is 15.2. The summed E-state index contributed by atoms with van der Waals surface area (Å²) in [5.41, 5.74) is 2.98. The van der Waals surface area contributed by atoms with Crippen LogP contribution in [0.25, 0.3) is 11.0 Å². The maximum absolute atomic E-state index is 5.75. The lowest BCUT2D eigenvalue weighted by atomic mass is 9.96. The number of aromatic nitrogens is 2. The van der Waals surface area contributed by atoms with Gasteiger partial charge >= 0.3 is 0 Å². The Morgan fingerprint density at radius 1 is 1.21 bits per heavy atom. The number of aliphatic imine (C=N–C) groups is 1. The first kappa shape index (κ1) is 18.3. The summed E-state index contributed by atoms with van der Waals surface area (Å²) < 4.78 is 1.09. The number of halogens is 1. The van der Waals surface area contributed by atoms with Crippen LogP contribution in [0.2, 0.25) is 0 Å². The Kier molecular flexibility index (Phi) is 4.94. The van der Waals surface area contributed by atoms with Crippen molar-refractivity contribution in [2.45, 2.75) is 44.2 Å². The van der Waals surface area contributed by atoms with Gasteiger partial charge in [-0.3, -0.25) is 4.99 Å². The maximum Gasteiger partial charge on any atom is 0.179 e. The highest BCUT2D eigenvalue weighted by molar-refractivity contribution is 9.10. The quantitative estimate of drug-likeness (QED) is 0.489. The maximum atomic E-state index is 5.75. The number of imidazole rings is 1. The van der Waals surface area contributed by atoms with Gasteiger partial charge in [0, 0.05) is 20.4 Å². The molecule has 1 atom stereocenters. The fraction of sp³-hybridized carbons (Fsp3) is 0.350. The van der Waals surface area contributed by atoms with E-state index in [9.17, 15) is 0 Å². The van der Waals surface area contributed by atoms with E-state index in [0.29, 0.717) is 11.2 Å². The van der Waals surface area contributed by atoms with Crippen molar-refractivity contribution in [2.24, 2.45) is 4.99 Å². The molecule has 5 nitrogen and oxygen atoms in total. The number of amidine groups is 1. The lowest BCUT2D eigenvalue weighted by Crippen LogP contribution is -2.29. The predicted molar refractivity (Wildman–Crippen MR) is 123 cm³/mol. The minimum absolute atomic E-state index is 0.0258. The summed E-state index contributed by atoms with van der Waals surface area (Å²) in [4.78, 5) is 16.1. The van der Waals surface area contributed by atoms with Gasteiger partial charge in [-0.05, 0) is 65.3 Å². The molecule has 3 aromatic rings. The molecule has 0 bridgehead atoms. The number of H-pyrrole nitrogens is 1. The molecule has 1 aliphatic heterocycles. The molecule has 0 radical (unpaired) electrons. The number of thiophene rings is 1. The third kappa shape index (κ3) is 3.38. The van der Waals surface area contributed by atoms with Gasteiger partial charge in [-0.1, -0.05) is 19.3 Å². The fourth-order valence-corrected chi connectivity index (χ4v) is 5.91. The molecule has 8 heteroatoms. The van der Waals surface area contributed by atoms with Gasteiger partial charge in [0.2, 0.25) is 0 Å². The average molecular weight is 474 g/mol. The molecular weight excluding hydrogens is 454 g/mol. The van der Waals surface area contributed by atoms with Gasteiger partial charge in [-0.15, -0.1) is 11.3 Å². The molecule has 2 N–H and O–H groups in total. The van der Waals surface area contributed by atoms with Gasteiger partial charge in [0.1, 0.15) is 11.9 Å². The van der Waals surface area contributed by atoms with E-state index in [0.717, 1.165) is 39.9 Å². The molecule has 28 heavy (non-hydrogen) atoms. The number of fused-ring (bicyclic) bond motifs is 1. The van der Waals surface area contributed by atoms with E-state index in [1.54, 1.807) is 17.7 Å². The van der Waals surface area contributed by atoms with Gasteiger partial charge in [0.05, 0.1) is 23.4 Å². The van der Waals surface area contributed by atoms with Crippen molar-refractivity contribution in [3.05, 3.63) is 45.3 Å². The van der Waals surface area contributed by atoms with Crippen LogP contribution in [-0.2, 0) is 0 Å². The summed E-state index contributed by atoms with van der Waals surface area (Å²) in [5, 5.41) is 6.23. The summed E-state index contributed by atoms with van der Waals surface area (Å²) >= 11 is 11.1. The van der Waals surface area contributed by atoms with Crippen LogP contribution in [0.5, 0.6) is 0 Å². The third-order valence-corrected chi connectivity index (χ3v) is 7.45. The number of rotatable bonds is 3. The number of aromatic amines is 1. The van der Waals surface area contributed by atoms with Gasteiger partial charge in [0.25, 0.3) is 0 Å². The third-order valence-electron chi connectivity index (χ3n) is 5.41. The Morgan fingerprint density at radius 3 is 2.86 bits per heavy atom. The van der Waals surface area contributed by atoms with E-state index in [2.05, 4.69) is 65.8 Å². The summed E-state index contributed by atoms with van der Waals surface area (Å²) in [7, 11) is 0. The van der Waals surface area contributed by atoms with Crippen LogP contribution < -0.4 is 10.2 Å². The van der Waals surface area contributed by atoms with Crippen molar-refractivity contribution in [3.8, 4) is 0 Å². The van der Waals surface area contributed by atoms with Gasteiger partial charge in [0.15, 0.2) is 5.11 Å². The fourth-order valence-electron chi connectivity index (χ4n) is 4.06. The standard InChI is InChI=1S/C20H20BrN5S2/c21-12-8-17(28-10-12)18-19(24-13-4-2-1-3-5-13)25-20(27)26(18)14-6-7-15-16(9-14)23-11-22-15/h6-11,13,18H,1-5H2,(H,22,23)(H,24,25,27). The lowest BCUT2D eigenvalue weighted by molar-refractivity contribution is 0.442. The monoisotopic (exact) mass is 473 g/mol. The molecule has 1 unspecified atom stereocenters. The van der Waals surface area contributed by atoms with Gasteiger partial charge in [-0.2, -0.15) is 0 Å². The largest absolute Gasteiger partial charge is 0.345 e. The van der Waals surface area contributed by atoms with Crippen LogP contribution >= 0.6 is 39.5 Å². The highest BCUT2D eigenvalue weighted by Crippen LogP contribution is 2.38. The van der Waals surface area contributed by atoms with Crippen molar-refractivity contribution in [1.82, 2.24) is 15.3 Å². The zero-order chi connectivity index (χ0) is 19.1. The Morgan fingerprint density at radius 2 is 2.07 bits per heavy atom. The van der Waals surface area contributed by atoms with Crippen molar-refractivity contribution in [1.29, 1.82) is 0 Å². The highest BCUT2D eigenvalue weighted by atomic mass is 79.9. The average Bonchev–Trinajstić information content (AvgIpc) is 3.40. The zero-order valence-corrected chi connectivity index (χ0v) is 18.4. The number of hydrogen-bond donors (Lipinski definition) is 2. The van der Waals surface area contributed by atoms with E-state index in [-0.39, 0.29) is 6.04 Å². The van der Waals surface area contributed by atoms with E-state index in [1.807, 2.05) is 0 Å². The van der Waals surface area contributed by atoms with Crippen LogP contribution in [0.15, 0.2) is 45.4 Å². The Bertz CT molecular complexity index is 1050. The molecule has 5 rings (SSSR count). The smallest absolute Gasteiger partial charge is 0.179 e. The van der Waals surface area contributed by atoms with Crippen LogP contribution in [0.3, 0.4) is 0 Å². The van der Waals surface area contributed by atoms with E-state index in [1.165, 1.54) is 24.1 Å². The molecule has 1 saturated heterocycles. The lowest BCUT2D eigenvalue weighted by Gasteiger charge is -2.25. The second kappa shape index (κ2) is 7.57. The summed E-state index contributed by atoms with van der Waals surface area (Å²) in [5.74, 6) is 0.966. The first-order valence-corrected chi connectivity index (χ1v) is 11.6. The number of benzene rings is 1. The second-order valence-corrected chi connectivity index (χ2v) is 9.53. The second-order valence-electron chi connectivity index (χ2n) is 7.28. The Labute approximate surface area is 181 Å². The van der Waals surface area contributed by atoms with Gasteiger partial charge < -0.3 is 15.2 Å². The van der Waals surface area contributed by atoms with Crippen LogP contribution in [-0.4, -0.2) is 27.0 Å². The van der Waals surface area contributed by atoms with Gasteiger partial charge in [-0.25, -0.2) is 4.98 Å². The van der Waals surface area contributed by atoms with Crippen molar-refractivity contribution < 1.29 is 0 Å². The minimum Gasteiger partial charge on any atom is -0.345 e. The number of nitrogens with zero attached hydrogens (tertiary/aromatic N) is 3. The molecule has 0 spiro atoms. The number of hydrogen-bond acceptors (Lipinski definition) is 4. The molecule has 1 aromatic carbocycles. The first-order valence-electron chi connectivity index (χ1n) is 9.54. The number of anilines is 1. The molecule has 144 valence electrons. The minimum atomic E-state index is -0.0258. The molecule has 2 aromatic heterocycles. The van der Waals surface area contributed by atoms with E-state index >= 15 is 0 Å². The number of nitrogens with one attached hydrogen (secondary N) is 2. The Balaban J connectivity index is 1.57. The summed E-state index contributed by atoms with van der Waals surface area (Å²) in [6.07, 6.45) is 7.90. The van der Waals surface area contributed by atoms with E-state index < -0.39 is 0 Å². The first-order chi connectivity index (χ1) is 13.7. The predicted octanol–water partition coefficient (Wildman–Crippen LogP) is 5.55. The van der Waals surface area contributed by atoms with E-state index in [4.69, 9.17) is 17.2 Å². The molecule has 2 aliphatic rings. The normalized spacial score (nSPS) is 22.3.